The van der Waals surface area contributed by atoms with Crippen molar-refractivity contribution in [2.75, 3.05) is 12.5 Å². The van der Waals surface area contributed by atoms with Gasteiger partial charge in [-0.2, -0.15) is 23.2 Å². The van der Waals surface area contributed by atoms with Gasteiger partial charge in [0.2, 0.25) is 0 Å². The third-order valence-corrected chi connectivity index (χ3v) is 6.62. The van der Waals surface area contributed by atoms with Crippen LogP contribution in [0.4, 0.5) is 0 Å². The maximum absolute atomic E-state index is 2.26. The fourth-order valence-electron chi connectivity index (χ4n) is 1.46. The average molecular weight is 270 g/mol. The lowest BCUT2D eigenvalue weighted by Gasteiger charge is -2.07. The molecular weight excluding hydrogens is 259 g/mol. The second-order valence-electron chi connectivity index (χ2n) is 2.99. The van der Waals surface area contributed by atoms with Crippen LogP contribution in [0.15, 0.2) is 29.0 Å². The van der Waals surface area contributed by atoms with E-state index < -0.39 is 0 Å². The summed E-state index contributed by atoms with van der Waals surface area (Å²) in [7, 11) is 0. The lowest BCUT2D eigenvalue weighted by atomic mass is 9.93. The Labute approximate surface area is 107 Å². The van der Waals surface area contributed by atoms with Crippen LogP contribution in [-0.2, 0) is 0 Å². The Morgan fingerprint density at radius 3 is 2.47 bits per heavy atom. The van der Waals surface area contributed by atoms with Crippen molar-refractivity contribution < 1.29 is 0 Å². The van der Waals surface area contributed by atoms with E-state index >= 15 is 0 Å². The monoisotopic (exact) mass is 270 g/mol. The molecule has 0 bridgehead atoms. The molecule has 5 heteroatoms. The van der Waals surface area contributed by atoms with Crippen LogP contribution in [0.5, 0.6) is 0 Å². The van der Waals surface area contributed by atoms with Gasteiger partial charge in [0.1, 0.15) is 0 Å². The molecule has 2 aromatic heterocycles. The van der Waals surface area contributed by atoms with E-state index in [0.717, 1.165) is 0 Å². The van der Waals surface area contributed by atoms with E-state index in [2.05, 4.69) is 41.5 Å². The normalized spacial score (nSPS) is 10.5. The SMILES string of the molecule is CSB(SC)c1ccsc1-c1cccs1. The third-order valence-electron chi connectivity index (χ3n) is 2.12. The molecule has 15 heavy (non-hydrogen) atoms. The molecule has 0 amide bonds. The fraction of sp³-hybridized carbons (Fsp3) is 0.200. The summed E-state index contributed by atoms with van der Waals surface area (Å²) in [5.74, 6) is 0. The first kappa shape index (κ1) is 11.6. The molecular formula is C10H11BS4. The van der Waals surface area contributed by atoms with E-state index in [1.54, 1.807) is 0 Å². The molecule has 2 aromatic rings. The molecule has 0 aliphatic heterocycles. The Balaban J connectivity index is 2.37. The van der Waals surface area contributed by atoms with E-state index in [-0.39, 0.29) is 0 Å². The van der Waals surface area contributed by atoms with Crippen molar-refractivity contribution in [2.24, 2.45) is 0 Å². The number of rotatable bonds is 4. The molecule has 78 valence electrons. The van der Waals surface area contributed by atoms with Crippen molar-refractivity contribution in [3.8, 4) is 9.75 Å². The molecule has 0 spiro atoms. The van der Waals surface area contributed by atoms with Gasteiger partial charge >= 0.3 is 5.27 Å². The molecule has 0 saturated heterocycles. The van der Waals surface area contributed by atoms with Crippen molar-refractivity contribution in [1.82, 2.24) is 0 Å². The van der Waals surface area contributed by atoms with Gasteiger partial charge in [-0.25, -0.2) is 0 Å². The summed E-state index contributed by atoms with van der Waals surface area (Å²) >= 11 is 7.50. The lowest BCUT2D eigenvalue weighted by molar-refractivity contribution is 1.98. The minimum Gasteiger partial charge on any atom is -0.194 e. The predicted molar refractivity (Wildman–Crippen MR) is 80.1 cm³/mol. The second-order valence-corrected chi connectivity index (χ2v) is 7.03. The van der Waals surface area contributed by atoms with Gasteiger partial charge < -0.3 is 0 Å². The van der Waals surface area contributed by atoms with Crippen LogP contribution in [0, 0.1) is 0 Å². The van der Waals surface area contributed by atoms with Gasteiger partial charge in [-0.05, 0) is 34.8 Å². The molecule has 0 unspecified atom stereocenters. The van der Waals surface area contributed by atoms with Gasteiger partial charge in [-0.1, -0.05) is 12.1 Å². The zero-order chi connectivity index (χ0) is 10.7. The van der Waals surface area contributed by atoms with Crippen molar-refractivity contribution in [3.05, 3.63) is 29.0 Å². The molecule has 0 aliphatic rings. The highest BCUT2D eigenvalue weighted by atomic mass is 32.2. The zero-order valence-corrected chi connectivity index (χ0v) is 11.9. The molecule has 0 radical (unpaired) electrons. The predicted octanol–water partition coefficient (Wildman–Crippen LogP) is 3.90. The molecule has 0 atom stereocenters. The Kier molecular flexibility index (Phi) is 4.25. The first-order chi connectivity index (χ1) is 7.36. The summed E-state index contributed by atoms with van der Waals surface area (Å²) in [5, 5.41) is 4.91. The zero-order valence-electron chi connectivity index (χ0n) is 8.60. The van der Waals surface area contributed by atoms with Crippen molar-refractivity contribution >= 4 is 56.6 Å². The van der Waals surface area contributed by atoms with Gasteiger partial charge in [0.15, 0.2) is 0 Å². The topological polar surface area (TPSA) is 0 Å². The number of hydrogen-bond donors (Lipinski definition) is 0. The summed E-state index contributed by atoms with van der Waals surface area (Å²) in [5.41, 5.74) is 1.47. The summed E-state index contributed by atoms with van der Waals surface area (Å²) in [6, 6.07) is 6.59. The number of hydrogen-bond acceptors (Lipinski definition) is 4. The van der Waals surface area contributed by atoms with Gasteiger partial charge in [0.25, 0.3) is 0 Å². The van der Waals surface area contributed by atoms with Crippen molar-refractivity contribution in [2.45, 2.75) is 0 Å². The van der Waals surface area contributed by atoms with Crippen molar-refractivity contribution in [1.29, 1.82) is 0 Å². The molecule has 0 aliphatic carbocycles. The van der Waals surface area contributed by atoms with E-state index in [1.165, 1.54) is 15.2 Å². The molecule has 2 heterocycles. The second kappa shape index (κ2) is 5.48. The molecule has 0 saturated carbocycles. The summed E-state index contributed by atoms with van der Waals surface area (Å²) in [6.07, 6.45) is 4.36. The van der Waals surface area contributed by atoms with E-state index in [9.17, 15) is 0 Å². The van der Waals surface area contributed by atoms with Gasteiger partial charge in [0.05, 0.1) is 0 Å². The van der Waals surface area contributed by atoms with Crippen LogP contribution < -0.4 is 5.46 Å². The van der Waals surface area contributed by atoms with E-state index in [0.29, 0.717) is 5.27 Å². The highest BCUT2D eigenvalue weighted by Crippen LogP contribution is 2.30. The van der Waals surface area contributed by atoms with Crippen LogP contribution in [-0.4, -0.2) is 17.8 Å². The largest absolute Gasteiger partial charge is 0.308 e. The first-order valence-corrected chi connectivity index (χ1v) is 8.87. The first-order valence-electron chi connectivity index (χ1n) is 4.53. The molecule has 0 N–H and O–H groups in total. The van der Waals surface area contributed by atoms with Crippen LogP contribution in [0.1, 0.15) is 0 Å². The van der Waals surface area contributed by atoms with Crippen molar-refractivity contribution in [3.63, 3.8) is 0 Å². The molecule has 0 nitrogen and oxygen atoms in total. The number of thiophene rings is 2. The molecule has 2 rings (SSSR count). The lowest BCUT2D eigenvalue weighted by Crippen LogP contribution is -2.22. The van der Waals surface area contributed by atoms with E-state index in [1.807, 2.05) is 45.9 Å². The van der Waals surface area contributed by atoms with Gasteiger partial charge in [-0.3, -0.25) is 0 Å². The highest BCUT2D eigenvalue weighted by molar-refractivity contribution is 8.55. The minimum atomic E-state index is 0.563. The average Bonchev–Trinajstić information content (AvgIpc) is 2.88. The van der Waals surface area contributed by atoms with Gasteiger partial charge in [-0.15, -0.1) is 22.7 Å². The highest BCUT2D eigenvalue weighted by Gasteiger charge is 2.20. The maximum atomic E-state index is 2.26. The fourth-order valence-corrected chi connectivity index (χ4v) is 5.11. The standard InChI is InChI=1S/C10H11BS4/c1-12-11(13-2)8-5-7-15-10(8)9-4-3-6-14-9/h3-7H,1-2H3. The van der Waals surface area contributed by atoms with Gasteiger partial charge in [0, 0.05) is 9.75 Å². The summed E-state index contributed by atoms with van der Waals surface area (Å²) < 4.78 is 0. The smallest absolute Gasteiger partial charge is 0.194 e. The Morgan fingerprint density at radius 1 is 1.07 bits per heavy atom. The van der Waals surface area contributed by atoms with Crippen LogP contribution in [0.25, 0.3) is 9.75 Å². The van der Waals surface area contributed by atoms with Crippen LogP contribution in [0.3, 0.4) is 0 Å². The quantitative estimate of drug-likeness (QED) is 0.773. The Morgan fingerprint density at radius 2 is 1.87 bits per heavy atom. The van der Waals surface area contributed by atoms with Crippen LogP contribution in [0.2, 0.25) is 0 Å². The Hall–Kier alpha value is 0.165. The van der Waals surface area contributed by atoms with Crippen LogP contribution >= 0.6 is 45.9 Å². The molecule has 0 fully saturated rings. The summed E-state index contributed by atoms with van der Waals surface area (Å²) in [6.45, 7) is 0. The maximum Gasteiger partial charge on any atom is 0.308 e. The van der Waals surface area contributed by atoms with E-state index in [4.69, 9.17) is 0 Å². The Bertz CT molecular complexity index is 403. The third kappa shape index (κ3) is 2.46. The summed E-state index contributed by atoms with van der Waals surface area (Å²) in [4.78, 5) is 2.84. The molecule has 0 aromatic carbocycles. The minimum absolute atomic E-state index is 0.563.